The molecule has 4 aromatic rings. The third-order valence-electron chi connectivity index (χ3n) is 8.12. The molecular weight excluding hydrogens is 646 g/mol. The summed E-state index contributed by atoms with van der Waals surface area (Å²) in [5.41, 5.74) is 2.68. The van der Waals surface area contributed by atoms with E-state index in [0.717, 1.165) is 27.4 Å². The third kappa shape index (κ3) is 8.47. The van der Waals surface area contributed by atoms with Crippen LogP contribution in [0.4, 0.5) is 5.69 Å². The molecule has 2 aromatic carbocycles. The van der Waals surface area contributed by atoms with Crippen molar-refractivity contribution in [3.63, 3.8) is 0 Å². The van der Waals surface area contributed by atoms with E-state index >= 15 is 0 Å². The predicted molar refractivity (Wildman–Crippen MR) is 180 cm³/mol. The predicted octanol–water partition coefficient (Wildman–Crippen LogP) is 4.66. The number of rotatable bonds is 5. The summed E-state index contributed by atoms with van der Waals surface area (Å²) < 4.78 is 41.3. The summed E-state index contributed by atoms with van der Waals surface area (Å²) in [6, 6.07) is 10.9. The van der Waals surface area contributed by atoms with E-state index in [2.05, 4.69) is 15.3 Å². The van der Waals surface area contributed by atoms with Crippen LogP contribution in [0.3, 0.4) is 0 Å². The zero-order chi connectivity index (χ0) is 34.1. The van der Waals surface area contributed by atoms with Crippen LogP contribution < -0.4 is 5.32 Å². The van der Waals surface area contributed by atoms with Gasteiger partial charge in [-0.2, -0.15) is 8.42 Å². The molecule has 2 aliphatic heterocycles. The first kappa shape index (κ1) is 34.7. The normalized spacial score (nSPS) is 21.7. The first-order valence-corrected chi connectivity index (χ1v) is 17.1. The van der Waals surface area contributed by atoms with E-state index in [-0.39, 0.29) is 42.1 Å². The van der Waals surface area contributed by atoms with Gasteiger partial charge in [0.1, 0.15) is 6.04 Å². The van der Waals surface area contributed by atoms with E-state index in [4.69, 9.17) is 25.6 Å². The zero-order valence-electron chi connectivity index (χ0n) is 27.0. The fourth-order valence-electron chi connectivity index (χ4n) is 5.96. The standard InChI is InChI=1S/C26H32ClN5O4.C7H8O3S/c1-15-10-31(11-16(2)36-15)23(33)12-32-14-26(3,4)35-13-22(32)25(34)30-20-8-17(27)7-19-18-5-6-28-9-21(18)29-24(19)20;1-6-2-4-7(5-3-6)11(8,9)10/h5-9,15-16,22,29H,10-14H2,1-4H3,(H,30,34);2-5H,1H3,(H,8,9,10)/t15-,16+,22-;/m0./s1. The monoisotopic (exact) mass is 685 g/mol. The second-order valence-corrected chi connectivity index (χ2v) is 14.6. The van der Waals surface area contributed by atoms with E-state index < -0.39 is 21.8 Å². The summed E-state index contributed by atoms with van der Waals surface area (Å²) in [5, 5.41) is 5.43. The molecule has 3 atom stereocenters. The summed E-state index contributed by atoms with van der Waals surface area (Å²) in [6.07, 6.45) is 3.43. The molecule has 0 spiro atoms. The fourth-order valence-corrected chi connectivity index (χ4v) is 6.66. The van der Waals surface area contributed by atoms with Gasteiger partial charge in [0, 0.05) is 41.6 Å². The van der Waals surface area contributed by atoms with Crippen LogP contribution in [-0.4, -0.2) is 101 Å². The molecule has 0 bridgehead atoms. The minimum Gasteiger partial charge on any atom is -0.372 e. The van der Waals surface area contributed by atoms with E-state index in [1.165, 1.54) is 12.1 Å². The topological polar surface area (TPSA) is 154 Å². The van der Waals surface area contributed by atoms with Crippen molar-refractivity contribution in [2.75, 3.05) is 38.1 Å². The van der Waals surface area contributed by atoms with Crippen LogP contribution in [0, 0.1) is 6.92 Å². The summed E-state index contributed by atoms with van der Waals surface area (Å²) in [6.45, 7) is 11.6. The largest absolute Gasteiger partial charge is 0.372 e. The van der Waals surface area contributed by atoms with Crippen LogP contribution in [-0.2, 0) is 29.2 Å². The van der Waals surface area contributed by atoms with Crippen molar-refractivity contribution in [2.24, 2.45) is 0 Å². The van der Waals surface area contributed by atoms with Gasteiger partial charge in [-0.15, -0.1) is 0 Å². The Labute approximate surface area is 279 Å². The first-order valence-electron chi connectivity index (χ1n) is 15.3. The molecule has 2 saturated heterocycles. The number of aromatic nitrogens is 2. The highest BCUT2D eigenvalue weighted by Gasteiger charge is 2.40. The number of carbonyl (C=O) groups excluding carboxylic acids is 2. The number of pyridine rings is 1. The lowest BCUT2D eigenvalue weighted by molar-refractivity contribution is -0.156. The second-order valence-electron chi connectivity index (χ2n) is 12.7. The summed E-state index contributed by atoms with van der Waals surface area (Å²) in [5.74, 6) is -0.261. The number of carbonyl (C=O) groups is 2. The van der Waals surface area contributed by atoms with Crippen molar-refractivity contribution >= 4 is 61.0 Å². The maximum absolute atomic E-state index is 13.6. The van der Waals surface area contributed by atoms with Crippen LogP contribution in [0.25, 0.3) is 21.8 Å². The Kier molecular flexibility index (Phi) is 10.3. The molecule has 12 nitrogen and oxygen atoms in total. The number of hydrogen-bond acceptors (Lipinski definition) is 8. The molecule has 2 fully saturated rings. The van der Waals surface area contributed by atoms with Crippen molar-refractivity contribution in [3.8, 4) is 0 Å². The molecule has 6 rings (SSSR count). The average molecular weight is 686 g/mol. The van der Waals surface area contributed by atoms with Gasteiger partial charge in [0.2, 0.25) is 11.8 Å². The van der Waals surface area contributed by atoms with Crippen LogP contribution >= 0.6 is 11.6 Å². The van der Waals surface area contributed by atoms with Gasteiger partial charge in [0.15, 0.2) is 0 Å². The van der Waals surface area contributed by atoms with Gasteiger partial charge in [0.25, 0.3) is 10.1 Å². The van der Waals surface area contributed by atoms with Crippen molar-refractivity contribution in [1.29, 1.82) is 0 Å². The SMILES string of the molecule is C[C@@H]1CN(C(=O)CN2CC(C)(C)OC[C@H]2C(=O)Nc2cc(Cl)cc3c2[nH]c2cnccc23)C[C@H](C)O1.Cc1ccc(S(=O)(=O)O)cc1. The molecule has 2 aromatic heterocycles. The second kappa shape index (κ2) is 13.9. The maximum Gasteiger partial charge on any atom is 0.294 e. The van der Waals surface area contributed by atoms with E-state index in [1.807, 2.05) is 56.6 Å². The molecular formula is C33H40ClN5O7S. The molecule has 0 radical (unpaired) electrons. The number of aromatic amines is 1. The van der Waals surface area contributed by atoms with E-state index in [9.17, 15) is 18.0 Å². The smallest absolute Gasteiger partial charge is 0.294 e. The minimum atomic E-state index is -4.02. The van der Waals surface area contributed by atoms with E-state index in [0.29, 0.717) is 30.3 Å². The lowest BCUT2D eigenvalue weighted by Gasteiger charge is -2.43. The number of ether oxygens (including phenoxy) is 2. The fraction of sp³-hybridized carbons (Fsp3) is 0.424. The third-order valence-corrected chi connectivity index (χ3v) is 9.21. The quantitative estimate of drug-likeness (QED) is 0.255. The number of morpholine rings is 2. The highest BCUT2D eigenvalue weighted by molar-refractivity contribution is 7.85. The Morgan fingerprint density at radius 2 is 1.79 bits per heavy atom. The molecule has 2 aliphatic rings. The number of fused-ring (bicyclic) bond motifs is 3. The molecule has 4 heterocycles. The molecule has 0 aliphatic carbocycles. The Morgan fingerprint density at radius 1 is 1.11 bits per heavy atom. The Morgan fingerprint density at radius 3 is 2.45 bits per heavy atom. The van der Waals surface area contributed by atoms with Crippen LogP contribution in [0.2, 0.25) is 5.02 Å². The van der Waals surface area contributed by atoms with Gasteiger partial charge in [-0.05, 0) is 65.0 Å². The molecule has 0 saturated carbocycles. The lowest BCUT2D eigenvalue weighted by Crippen LogP contribution is -2.61. The number of aryl methyl sites for hydroxylation is 1. The highest BCUT2D eigenvalue weighted by Crippen LogP contribution is 2.33. The molecule has 252 valence electrons. The molecule has 2 amide bonds. The van der Waals surface area contributed by atoms with Gasteiger partial charge in [-0.25, -0.2) is 0 Å². The number of nitrogens with zero attached hydrogens (tertiary/aromatic N) is 3. The number of benzene rings is 2. The van der Waals surface area contributed by atoms with Gasteiger partial charge in [-0.1, -0.05) is 29.3 Å². The minimum absolute atomic E-state index is 0.0132. The number of halogens is 1. The van der Waals surface area contributed by atoms with Crippen LogP contribution in [0.1, 0.15) is 33.3 Å². The van der Waals surface area contributed by atoms with Gasteiger partial charge in [-0.3, -0.25) is 24.0 Å². The number of hydrogen-bond donors (Lipinski definition) is 3. The summed E-state index contributed by atoms with van der Waals surface area (Å²) in [7, 11) is -4.02. The maximum atomic E-state index is 13.6. The number of amides is 2. The van der Waals surface area contributed by atoms with Crippen molar-refractivity contribution in [2.45, 2.75) is 63.4 Å². The van der Waals surface area contributed by atoms with Crippen molar-refractivity contribution in [3.05, 3.63) is 65.4 Å². The number of anilines is 1. The van der Waals surface area contributed by atoms with Crippen molar-refractivity contribution in [1.82, 2.24) is 19.8 Å². The van der Waals surface area contributed by atoms with E-state index in [1.54, 1.807) is 30.6 Å². The number of nitrogens with one attached hydrogen (secondary N) is 2. The summed E-state index contributed by atoms with van der Waals surface area (Å²) >= 11 is 6.42. The number of H-pyrrole nitrogens is 1. The lowest BCUT2D eigenvalue weighted by atomic mass is 10.0. The highest BCUT2D eigenvalue weighted by atomic mass is 35.5. The molecule has 14 heteroatoms. The van der Waals surface area contributed by atoms with Crippen LogP contribution in [0.15, 0.2) is 59.8 Å². The Bertz CT molecular complexity index is 1870. The zero-order valence-corrected chi connectivity index (χ0v) is 28.6. The Balaban J connectivity index is 0.000000335. The van der Waals surface area contributed by atoms with Gasteiger partial charge in [0.05, 0.1) is 58.8 Å². The molecule has 47 heavy (non-hydrogen) atoms. The molecule has 3 N–H and O–H groups in total. The molecule has 0 unspecified atom stereocenters. The Hall–Kier alpha value is -3.59. The average Bonchev–Trinajstić information content (AvgIpc) is 3.35. The first-order chi connectivity index (χ1) is 22.1. The van der Waals surface area contributed by atoms with Crippen molar-refractivity contribution < 1.29 is 32.0 Å². The van der Waals surface area contributed by atoms with Gasteiger partial charge >= 0.3 is 0 Å². The van der Waals surface area contributed by atoms with Gasteiger partial charge < -0.3 is 24.7 Å². The summed E-state index contributed by atoms with van der Waals surface area (Å²) in [4.78, 5) is 38.0. The van der Waals surface area contributed by atoms with Crippen LogP contribution in [0.5, 0.6) is 0 Å².